The number of hydrogen-bond donors (Lipinski definition) is 2. The summed E-state index contributed by atoms with van der Waals surface area (Å²) in [6, 6.07) is 13.7. The van der Waals surface area contributed by atoms with E-state index in [1.165, 1.54) is 12.1 Å². The number of benzene rings is 2. The smallest absolute Gasteiger partial charge is 0.222 e. The van der Waals surface area contributed by atoms with Gasteiger partial charge in [-0.1, -0.05) is 42.5 Å². The maximum absolute atomic E-state index is 13.1. The van der Waals surface area contributed by atoms with Crippen molar-refractivity contribution in [2.75, 3.05) is 0 Å². The molecule has 4 rings (SSSR count). The van der Waals surface area contributed by atoms with E-state index in [-0.39, 0.29) is 42.7 Å². The van der Waals surface area contributed by atoms with Crippen molar-refractivity contribution >= 4 is 17.3 Å². The number of aliphatic hydroxyl groups is 2. The summed E-state index contributed by atoms with van der Waals surface area (Å²) in [6.07, 6.45) is 0.0186. The molecular formula is C21H18O6. The van der Waals surface area contributed by atoms with Crippen LogP contribution in [0.5, 0.6) is 5.75 Å². The van der Waals surface area contributed by atoms with E-state index in [1.54, 1.807) is 6.07 Å². The molecule has 0 radical (unpaired) electrons. The minimum Gasteiger partial charge on any atom is -0.488 e. The molecule has 1 fully saturated rings. The average Bonchev–Trinajstić information content (AvgIpc) is 2.69. The largest absolute Gasteiger partial charge is 0.488 e. The normalized spacial score (nSPS) is 27.1. The first-order valence-corrected chi connectivity index (χ1v) is 8.77. The van der Waals surface area contributed by atoms with Crippen LogP contribution in [-0.2, 0) is 11.4 Å². The zero-order valence-corrected chi connectivity index (χ0v) is 14.5. The molecule has 138 valence electrons. The van der Waals surface area contributed by atoms with E-state index < -0.39 is 28.6 Å². The minimum absolute atomic E-state index is 0.0348. The average molecular weight is 366 g/mol. The number of carbonyl (C=O) groups excluding carboxylic acids is 3. The number of Topliss-reactive ketones (excluding diaryl/α,β-unsaturated/α-hetero) is 3. The molecule has 27 heavy (non-hydrogen) atoms. The number of ether oxygens (including phenoxy) is 1. The minimum atomic E-state index is -2.76. The molecule has 2 aromatic rings. The molecule has 2 aliphatic carbocycles. The number of carbonyl (C=O) groups is 3. The van der Waals surface area contributed by atoms with E-state index in [0.717, 1.165) is 5.56 Å². The van der Waals surface area contributed by atoms with E-state index >= 15 is 0 Å². The van der Waals surface area contributed by atoms with Crippen molar-refractivity contribution in [3.8, 4) is 5.75 Å². The van der Waals surface area contributed by atoms with Crippen LogP contribution in [0.15, 0.2) is 48.5 Å². The number of rotatable bonds is 3. The number of ketones is 3. The molecule has 0 amide bonds. The van der Waals surface area contributed by atoms with E-state index in [1.807, 2.05) is 30.3 Å². The van der Waals surface area contributed by atoms with Crippen molar-refractivity contribution < 1.29 is 29.3 Å². The molecule has 6 nitrogen and oxygen atoms in total. The highest BCUT2D eigenvalue weighted by atomic mass is 16.5. The Hall–Kier alpha value is -2.83. The molecule has 0 bridgehead atoms. The first-order chi connectivity index (χ1) is 12.9. The van der Waals surface area contributed by atoms with Gasteiger partial charge in [0.05, 0.1) is 5.56 Å². The van der Waals surface area contributed by atoms with Gasteiger partial charge in [-0.15, -0.1) is 0 Å². The fourth-order valence-corrected chi connectivity index (χ4v) is 3.90. The lowest BCUT2D eigenvalue weighted by Gasteiger charge is -2.46. The van der Waals surface area contributed by atoms with Crippen LogP contribution >= 0.6 is 0 Å². The van der Waals surface area contributed by atoms with Crippen molar-refractivity contribution in [3.63, 3.8) is 0 Å². The molecular weight excluding hydrogens is 348 g/mol. The Labute approximate surface area is 155 Å². The molecule has 1 saturated carbocycles. The maximum atomic E-state index is 13.1. The number of fused-ring (bicyclic) bond motifs is 2. The van der Waals surface area contributed by atoms with Gasteiger partial charge in [0.1, 0.15) is 12.4 Å². The third-order valence-corrected chi connectivity index (χ3v) is 5.38. The maximum Gasteiger partial charge on any atom is 0.222 e. The molecule has 2 aliphatic rings. The van der Waals surface area contributed by atoms with Gasteiger partial charge < -0.3 is 14.9 Å². The van der Waals surface area contributed by atoms with Crippen LogP contribution in [-0.4, -0.2) is 38.8 Å². The van der Waals surface area contributed by atoms with E-state index in [9.17, 15) is 24.6 Å². The fourth-order valence-electron chi connectivity index (χ4n) is 3.90. The predicted molar refractivity (Wildman–Crippen MR) is 94.6 cm³/mol. The zero-order valence-electron chi connectivity index (χ0n) is 14.5. The lowest BCUT2D eigenvalue weighted by atomic mass is 9.60. The Morgan fingerprint density at radius 1 is 0.926 bits per heavy atom. The van der Waals surface area contributed by atoms with Crippen LogP contribution < -0.4 is 4.74 Å². The van der Waals surface area contributed by atoms with Gasteiger partial charge >= 0.3 is 0 Å². The Kier molecular flexibility index (Phi) is 3.98. The van der Waals surface area contributed by atoms with Crippen LogP contribution in [0.25, 0.3) is 0 Å². The highest BCUT2D eigenvalue weighted by Crippen LogP contribution is 2.46. The summed E-state index contributed by atoms with van der Waals surface area (Å²) in [6.45, 7) is 0.148. The molecule has 0 unspecified atom stereocenters. The van der Waals surface area contributed by atoms with Crippen molar-refractivity contribution in [2.24, 2.45) is 0 Å². The quantitative estimate of drug-likeness (QED) is 0.804. The molecule has 2 N–H and O–H groups in total. The van der Waals surface area contributed by atoms with Crippen molar-refractivity contribution in [3.05, 3.63) is 65.2 Å². The van der Waals surface area contributed by atoms with Crippen LogP contribution in [0.2, 0.25) is 0 Å². The van der Waals surface area contributed by atoms with E-state index in [4.69, 9.17) is 4.74 Å². The van der Waals surface area contributed by atoms with Gasteiger partial charge in [-0.05, 0) is 24.5 Å². The third kappa shape index (κ3) is 2.37. The lowest BCUT2D eigenvalue weighted by Crippen LogP contribution is -2.71. The summed E-state index contributed by atoms with van der Waals surface area (Å²) in [7, 11) is 0. The summed E-state index contributed by atoms with van der Waals surface area (Å²) in [5, 5.41) is 21.7. The second kappa shape index (κ2) is 6.11. The first kappa shape index (κ1) is 17.6. The van der Waals surface area contributed by atoms with Gasteiger partial charge in [-0.2, -0.15) is 0 Å². The Morgan fingerprint density at radius 2 is 1.67 bits per heavy atom. The van der Waals surface area contributed by atoms with Gasteiger partial charge in [0.2, 0.25) is 11.4 Å². The Morgan fingerprint density at radius 3 is 2.41 bits per heavy atom. The molecule has 6 heteroatoms. The first-order valence-electron chi connectivity index (χ1n) is 8.77. The third-order valence-electron chi connectivity index (χ3n) is 5.38. The summed E-state index contributed by atoms with van der Waals surface area (Å²) >= 11 is 0. The second-order valence-corrected chi connectivity index (χ2v) is 6.96. The van der Waals surface area contributed by atoms with Crippen molar-refractivity contribution in [1.82, 2.24) is 0 Å². The van der Waals surface area contributed by atoms with Crippen LogP contribution in [0, 0.1) is 0 Å². The van der Waals surface area contributed by atoms with Crippen molar-refractivity contribution in [2.45, 2.75) is 37.1 Å². The molecule has 0 saturated heterocycles. The van der Waals surface area contributed by atoms with Crippen LogP contribution in [0.4, 0.5) is 0 Å². The van der Waals surface area contributed by atoms with Gasteiger partial charge in [0.25, 0.3) is 0 Å². The SMILES string of the molecule is O=C1CCC[C@]2(O)C(=O)c3cccc(OCc4ccccc4)c3C(=O)[C@]12O. The topological polar surface area (TPSA) is 101 Å². The van der Waals surface area contributed by atoms with Gasteiger partial charge in [0, 0.05) is 12.0 Å². The molecule has 0 spiro atoms. The lowest BCUT2D eigenvalue weighted by molar-refractivity contribution is -0.160. The van der Waals surface area contributed by atoms with Crippen molar-refractivity contribution in [1.29, 1.82) is 0 Å². The van der Waals surface area contributed by atoms with Gasteiger partial charge in [0.15, 0.2) is 17.2 Å². The second-order valence-electron chi connectivity index (χ2n) is 6.96. The monoisotopic (exact) mass is 366 g/mol. The van der Waals surface area contributed by atoms with Crippen LogP contribution in [0.3, 0.4) is 0 Å². The van der Waals surface area contributed by atoms with E-state index in [2.05, 4.69) is 0 Å². The Balaban J connectivity index is 1.80. The summed E-state index contributed by atoms with van der Waals surface area (Å²) in [5.74, 6) is -2.53. The molecule has 0 heterocycles. The van der Waals surface area contributed by atoms with Crippen LogP contribution in [0.1, 0.15) is 45.5 Å². The van der Waals surface area contributed by atoms with E-state index in [0.29, 0.717) is 0 Å². The fraction of sp³-hybridized carbons (Fsp3) is 0.286. The zero-order chi connectivity index (χ0) is 19.2. The molecule has 0 aromatic heterocycles. The van der Waals surface area contributed by atoms with Gasteiger partial charge in [-0.3, -0.25) is 14.4 Å². The molecule has 0 aliphatic heterocycles. The highest BCUT2D eigenvalue weighted by Gasteiger charge is 2.68. The predicted octanol–water partition coefficient (Wildman–Crippen LogP) is 1.86. The molecule has 2 atom stereocenters. The Bertz CT molecular complexity index is 950. The molecule has 2 aromatic carbocycles. The summed E-state index contributed by atoms with van der Waals surface area (Å²) in [5.41, 5.74) is -4.52. The summed E-state index contributed by atoms with van der Waals surface area (Å²) in [4.78, 5) is 38.4. The standard InChI is InChI=1S/C21H18O6/c22-16-10-5-11-20(25)18(23)14-8-4-9-15(17(14)19(24)21(16,20)26)27-12-13-6-2-1-3-7-13/h1-4,6-9,25-26H,5,10-12H2/t20-,21+/m0/s1. The highest BCUT2D eigenvalue weighted by molar-refractivity contribution is 6.31. The summed E-state index contributed by atoms with van der Waals surface area (Å²) < 4.78 is 5.73. The number of hydrogen-bond acceptors (Lipinski definition) is 6. The van der Waals surface area contributed by atoms with Gasteiger partial charge in [-0.25, -0.2) is 0 Å².